The second-order valence-electron chi connectivity index (χ2n) is 6.44. The normalized spacial score (nSPS) is 18.2. The lowest BCUT2D eigenvalue weighted by Crippen LogP contribution is -2.32. The molecule has 0 aliphatic carbocycles. The van der Waals surface area contributed by atoms with Crippen LogP contribution in [0.1, 0.15) is 12.5 Å². The number of amides is 3. The van der Waals surface area contributed by atoms with E-state index in [1.54, 1.807) is 48.5 Å². The van der Waals surface area contributed by atoms with Gasteiger partial charge < -0.3 is 9.84 Å². The van der Waals surface area contributed by atoms with Crippen molar-refractivity contribution >= 4 is 51.7 Å². The van der Waals surface area contributed by atoms with Crippen molar-refractivity contribution in [2.45, 2.75) is 6.92 Å². The lowest BCUT2D eigenvalue weighted by molar-refractivity contribution is -0.136. The molecule has 3 amide bonds. The van der Waals surface area contributed by atoms with E-state index in [9.17, 15) is 19.2 Å². The summed E-state index contributed by atoms with van der Waals surface area (Å²) in [5.41, 5.74) is 1.23. The minimum absolute atomic E-state index is 0.0146. The molecule has 0 saturated carbocycles. The van der Waals surface area contributed by atoms with E-state index in [1.165, 1.54) is 0 Å². The number of rotatable bonds is 5. The van der Waals surface area contributed by atoms with Crippen LogP contribution in [0.3, 0.4) is 0 Å². The van der Waals surface area contributed by atoms with E-state index in [-0.39, 0.29) is 10.5 Å². The molecule has 2 aliphatic heterocycles. The number of thioether (sulfide) groups is 1. The Morgan fingerprint density at radius 1 is 1.03 bits per heavy atom. The van der Waals surface area contributed by atoms with Crippen molar-refractivity contribution in [3.63, 3.8) is 0 Å². The smallest absolute Gasteiger partial charge is 0.323 e. The molecular weight excluding hydrogens is 408 g/mol. The number of carboxylic acid groups (broad SMARTS) is 1. The predicted molar refractivity (Wildman–Crippen MR) is 111 cm³/mol. The monoisotopic (exact) mass is 424 g/mol. The number of para-hydroxylation sites is 1. The molecule has 0 unspecified atom stereocenters. The van der Waals surface area contributed by atoms with E-state index < -0.39 is 29.6 Å². The van der Waals surface area contributed by atoms with Crippen LogP contribution in [-0.2, 0) is 14.4 Å². The summed E-state index contributed by atoms with van der Waals surface area (Å²) in [4.78, 5) is 52.0. The average Bonchev–Trinajstić information content (AvgIpc) is 3.16. The number of benzene rings is 2. The summed E-state index contributed by atoms with van der Waals surface area (Å²) in [7, 11) is 0. The Hall–Kier alpha value is -3.59. The molecule has 9 heteroatoms. The van der Waals surface area contributed by atoms with E-state index in [4.69, 9.17) is 9.84 Å². The van der Waals surface area contributed by atoms with Crippen LogP contribution in [0.4, 0.5) is 16.2 Å². The van der Waals surface area contributed by atoms with Crippen LogP contribution in [0.15, 0.2) is 53.4 Å². The molecule has 1 fully saturated rings. The number of hydrogen-bond acceptors (Lipinski definition) is 6. The van der Waals surface area contributed by atoms with Gasteiger partial charge in [0.15, 0.2) is 0 Å². The third-order valence-corrected chi connectivity index (χ3v) is 5.56. The maximum Gasteiger partial charge on any atom is 0.323 e. The fourth-order valence-corrected chi connectivity index (χ4v) is 4.32. The standard InChI is InChI=1S/C21H16N2O6S/c1-2-29-13-9-7-12(8-10-13)23-20(27)18(30-21(23)28)17-14-5-3-4-6-15(14)22(19(17)26)11-16(24)25/h3-10H,2,11H2,1H3,(H,24,25)/b18-17-. The largest absolute Gasteiger partial charge is 0.494 e. The molecule has 30 heavy (non-hydrogen) atoms. The molecule has 0 bridgehead atoms. The molecule has 0 radical (unpaired) electrons. The number of nitrogens with zero attached hydrogens (tertiary/aromatic N) is 2. The summed E-state index contributed by atoms with van der Waals surface area (Å²) in [6, 6.07) is 13.1. The molecule has 2 heterocycles. The molecule has 0 atom stereocenters. The van der Waals surface area contributed by atoms with E-state index in [0.717, 1.165) is 9.80 Å². The summed E-state index contributed by atoms with van der Waals surface area (Å²) in [5.74, 6) is -1.81. The quantitative estimate of drug-likeness (QED) is 0.736. The van der Waals surface area contributed by atoms with E-state index in [0.29, 0.717) is 41.1 Å². The zero-order valence-corrected chi connectivity index (χ0v) is 16.6. The number of fused-ring (bicyclic) bond motifs is 1. The Balaban J connectivity index is 1.75. The van der Waals surface area contributed by atoms with Crippen molar-refractivity contribution in [2.75, 3.05) is 23.0 Å². The number of carbonyl (C=O) groups excluding carboxylic acids is 3. The van der Waals surface area contributed by atoms with Crippen LogP contribution < -0.4 is 14.5 Å². The van der Waals surface area contributed by atoms with Crippen molar-refractivity contribution < 1.29 is 29.0 Å². The van der Waals surface area contributed by atoms with E-state index in [2.05, 4.69) is 0 Å². The topological polar surface area (TPSA) is 104 Å². The first-order chi connectivity index (χ1) is 14.4. The zero-order chi connectivity index (χ0) is 21.4. The van der Waals surface area contributed by atoms with Crippen molar-refractivity contribution in [3.05, 3.63) is 59.0 Å². The maximum absolute atomic E-state index is 13.1. The van der Waals surface area contributed by atoms with Gasteiger partial charge in [0, 0.05) is 5.56 Å². The van der Waals surface area contributed by atoms with Gasteiger partial charge in [-0.3, -0.25) is 24.1 Å². The molecular formula is C21H16N2O6S. The van der Waals surface area contributed by atoms with Crippen LogP contribution in [0.5, 0.6) is 5.75 Å². The van der Waals surface area contributed by atoms with E-state index >= 15 is 0 Å². The van der Waals surface area contributed by atoms with Crippen LogP contribution in [-0.4, -0.2) is 41.3 Å². The summed E-state index contributed by atoms with van der Waals surface area (Å²) >= 11 is 0.667. The van der Waals surface area contributed by atoms with Crippen LogP contribution >= 0.6 is 11.8 Å². The van der Waals surface area contributed by atoms with Gasteiger partial charge in [0.1, 0.15) is 12.3 Å². The predicted octanol–water partition coefficient (Wildman–Crippen LogP) is 3.13. The number of carbonyl (C=O) groups is 4. The molecule has 1 N–H and O–H groups in total. The van der Waals surface area contributed by atoms with Gasteiger partial charge in [-0.1, -0.05) is 18.2 Å². The second-order valence-corrected chi connectivity index (χ2v) is 7.40. The summed E-state index contributed by atoms with van der Waals surface area (Å²) < 4.78 is 5.38. The first kappa shape index (κ1) is 19.7. The lowest BCUT2D eigenvalue weighted by Gasteiger charge is -2.14. The Kier molecular flexibility index (Phi) is 5.04. The summed E-state index contributed by atoms with van der Waals surface area (Å²) in [6.45, 7) is 1.80. The third-order valence-electron chi connectivity index (χ3n) is 4.62. The number of aliphatic carboxylic acids is 1. The van der Waals surface area contributed by atoms with Gasteiger partial charge in [0.05, 0.1) is 28.5 Å². The first-order valence-electron chi connectivity index (χ1n) is 9.08. The molecule has 2 aromatic rings. The van der Waals surface area contributed by atoms with Crippen molar-refractivity contribution in [1.82, 2.24) is 0 Å². The Morgan fingerprint density at radius 2 is 1.73 bits per heavy atom. The molecule has 0 aromatic heterocycles. The van der Waals surface area contributed by atoms with Crippen LogP contribution in [0, 0.1) is 0 Å². The SMILES string of the molecule is CCOc1ccc(N2C(=O)S/C(=C3\C(=O)N(CC(=O)O)c4ccccc43)C2=O)cc1. The second kappa shape index (κ2) is 7.68. The van der Waals surface area contributed by atoms with Crippen LogP contribution in [0.25, 0.3) is 5.57 Å². The molecule has 2 aliphatic rings. The molecule has 152 valence electrons. The third kappa shape index (κ3) is 3.22. The first-order valence-corrected chi connectivity index (χ1v) is 9.90. The molecule has 8 nitrogen and oxygen atoms in total. The van der Waals surface area contributed by atoms with Crippen LogP contribution in [0.2, 0.25) is 0 Å². The van der Waals surface area contributed by atoms with Gasteiger partial charge in [0.2, 0.25) is 0 Å². The lowest BCUT2D eigenvalue weighted by atomic mass is 10.1. The summed E-state index contributed by atoms with van der Waals surface area (Å²) in [5, 5.41) is 8.63. The van der Waals surface area contributed by atoms with Crippen molar-refractivity contribution in [2.24, 2.45) is 0 Å². The highest BCUT2D eigenvalue weighted by Crippen LogP contribution is 2.45. The molecule has 4 rings (SSSR count). The van der Waals surface area contributed by atoms with Crippen molar-refractivity contribution in [3.8, 4) is 5.75 Å². The number of ether oxygens (including phenoxy) is 1. The molecule has 2 aromatic carbocycles. The fraction of sp³-hybridized carbons (Fsp3) is 0.143. The highest BCUT2D eigenvalue weighted by Gasteiger charge is 2.44. The minimum atomic E-state index is -1.18. The number of anilines is 2. The number of hydrogen-bond donors (Lipinski definition) is 1. The highest BCUT2D eigenvalue weighted by molar-refractivity contribution is 8.19. The average molecular weight is 424 g/mol. The Bertz CT molecular complexity index is 1110. The van der Waals surface area contributed by atoms with Gasteiger partial charge in [0.25, 0.3) is 17.1 Å². The van der Waals surface area contributed by atoms with E-state index in [1.807, 2.05) is 6.92 Å². The number of carboxylic acids is 1. The highest BCUT2D eigenvalue weighted by atomic mass is 32.2. The van der Waals surface area contributed by atoms with Gasteiger partial charge in [-0.2, -0.15) is 0 Å². The molecule has 0 spiro atoms. The Labute approximate surface area is 175 Å². The molecule has 1 saturated heterocycles. The fourth-order valence-electron chi connectivity index (χ4n) is 3.39. The number of imide groups is 1. The minimum Gasteiger partial charge on any atom is -0.494 e. The maximum atomic E-state index is 13.1. The van der Waals surface area contributed by atoms with Gasteiger partial charge >= 0.3 is 5.97 Å². The van der Waals surface area contributed by atoms with Crippen molar-refractivity contribution in [1.29, 1.82) is 0 Å². The Morgan fingerprint density at radius 3 is 2.40 bits per heavy atom. The van der Waals surface area contributed by atoms with Gasteiger partial charge in [-0.05, 0) is 49.0 Å². The van der Waals surface area contributed by atoms with Gasteiger partial charge in [-0.15, -0.1) is 0 Å². The van der Waals surface area contributed by atoms with Gasteiger partial charge in [-0.25, -0.2) is 4.90 Å². The summed E-state index contributed by atoms with van der Waals surface area (Å²) in [6.07, 6.45) is 0. The zero-order valence-electron chi connectivity index (χ0n) is 15.8.